The molecule has 0 saturated carbocycles. The van der Waals surface area contributed by atoms with Crippen LogP contribution in [0.4, 0.5) is 4.39 Å². The number of fused-ring (bicyclic) bond motifs is 1. The molecule has 0 bridgehead atoms. The van der Waals surface area contributed by atoms with Crippen LogP contribution in [0.1, 0.15) is 26.0 Å². The first-order valence-corrected chi connectivity index (χ1v) is 9.12. The molecule has 29 heavy (non-hydrogen) atoms. The molecule has 0 N–H and O–H groups in total. The summed E-state index contributed by atoms with van der Waals surface area (Å²) < 4.78 is 21.7. The number of rotatable bonds is 3. The molecule has 0 saturated heterocycles. The van der Waals surface area contributed by atoms with Crippen molar-refractivity contribution in [2.45, 2.75) is 25.9 Å². The van der Waals surface area contributed by atoms with Gasteiger partial charge in [-0.25, -0.2) is 8.91 Å². The van der Waals surface area contributed by atoms with E-state index in [0.29, 0.717) is 16.8 Å². The molecule has 3 aromatic rings. The number of methoxy groups -OCH3 is 1. The minimum Gasteiger partial charge on any atom is -0.368 e. The first-order chi connectivity index (χ1) is 13.8. The minimum atomic E-state index is -1.15. The zero-order valence-electron chi connectivity index (χ0n) is 16.3. The van der Waals surface area contributed by atoms with Gasteiger partial charge < -0.3 is 4.74 Å². The number of Topliss-reactive ketones (excluding diaryl/α,β-unsaturated/α-hetero) is 1. The lowest BCUT2D eigenvalue weighted by Gasteiger charge is -2.40. The number of aromatic nitrogens is 3. The van der Waals surface area contributed by atoms with Gasteiger partial charge in [-0.15, -0.1) is 0 Å². The second kappa shape index (κ2) is 6.61. The molecule has 3 aromatic heterocycles. The predicted octanol–water partition coefficient (Wildman–Crippen LogP) is 3.83. The van der Waals surface area contributed by atoms with Gasteiger partial charge in [0.15, 0.2) is 5.78 Å². The van der Waals surface area contributed by atoms with Gasteiger partial charge in [0.2, 0.25) is 0 Å². The smallest absolute Gasteiger partial charge is 0.178 e. The van der Waals surface area contributed by atoms with Crippen molar-refractivity contribution in [2.24, 2.45) is 5.41 Å². The van der Waals surface area contributed by atoms with Gasteiger partial charge in [-0.3, -0.25) is 9.78 Å². The fourth-order valence-corrected chi connectivity index (χ4v) is 3.98. The lowest BCUT2D eigenvalue weighted by molar-refractivity contribution is -0.128. The number of hydrogen-bond donors (Lipinski definition) is 0. The molecule has 3 heterocycles. The molecule has 1 atom stereocenters. The van der Waals surface area contributed by atoms with E-state index < -0.39 is 16.8 Å². The van der Waals surface area contributed by atoms with Crippen LogP contribution in [0.3, 0.4) is 0 Å². The van der Waals surface area contributed by atoms with E-state index in [1.54, 1.807) is 30.8 Å². The highest BCUT2D eigenvalue weighted by Crippen LogP contribution is 2.47. The Morgan fingerprint density at radius 1 is 1.31 bits per heavy atom. The topological polar surface area (TPSA) is 80.3 Å². The zero-order chi connectivity index (χ0) is 20.8. The molecule has 0 radical (unpaired) electrons. The molecule has 0 fully saturated rings. The second-order valence-corrected chi connectivity index (χ2v) is 7.82. The molecule has 146 valence electrons. The third kappa shape index (κ3) is 3.02. The summed E-state index contributed by atoms with van der Waals surface area (Å²) in [6.07, 6.45) is 6.37. The number of nitrogens with zero attached hydrogens (tertiary/aromatic N) is 4. The quantitative estimate of drug-likeness (QED) is 0.679. The first kappa shape index (κ1) is 19.0. The van der Waals surface area contributed by atoms with Gasteiger partial charge in [0.05, 0.1) is 23.0 Å². The van der Waals surface area contributed by atoms with Crippen molar-refractivity contribution >= 4 is 11.3 Å². The van der Waals surface area contributed by atoms with Gasteiger partial charge in [0, 0.05) is 36.0 Å². The number of hydrogen-bond acceptors (Lipinski definition) is 5. The molecule has 1 aliphatic carbocycles. The van der Waals surface area contributed by atoms with Crippen molar-refractivity contribution in [3.8, 4) is 17.2 Å². The fourth-order valence-electron chi connectivity index (χ4n) is 3.98. The van der Waals surface area contributed by atoms with E-state index in [9.17, 15) is 14.4 Å². The number of ether oxygens (including phenoxy) is 1. The predicted molar refractivity (Wildman–Crippen MR) is 104 cm³/mol. The third-order valence-electron chi connectivity index (χ3n) is 5.39. The zero-order valence-corrected chi connectivity index (χ0v) is 16.3. The molecule has 7 heteroatoms. The van der Waals surface area contributed by atoms with Crippen molar-refractivity contribution in [1.29, 1.82) is 5.26 Å². The van der Waals surface area contributed by atoms with Crippen LogP contribution in [0.2, 0.25) is 0 Å². The highest BCUT2D eigenvalue weighted by molar-refractivity contribution is 6.04. The molecule has 4 rings (SSSR count). The van der Waals surface area contributed by atoms with Crippen molar-refractivity contribution < 1.29 is 13.9 Å². The van der Waals surface area contributed by atoms with Crippen LogP contribution in [0.25, 0.3) is 16.6 Å². The summed E-state index contributed by atoms with van der Waals surface area (Å²) in [6, 6.07) is 8.96. The van der Waals surface area contributed by atoms with Gasteiger partial charge >= 0.3 is 0 Å². The maximum absolute atomic E-state index is 14.2. The van der Waals surface area contributed by atoms with Crippen molar-refractivity contribution in [2.75, 3.05) is 7.11 Å². The summed E-state index contributed by atoms with van der Waals surface area (Å²) in [6.45, 7) is 3.54. The first-order valence-electron chi connectivity index (χ1n) is 9.12. The molecule has 0 amide bonds. The molecule has 0 spiro atoms. The van der Waals surface area contributed by atoms with Crippen LogP contribution >= 0.6 is 0 Å². The fraction of sp³-hybridized carbons (Fsp3) is 0.273. The Morgan fingerprint density at radius 3 is 2.83 bits per heavy atom. The number of pyridine rings is 2. The third-order valence-corrected chi connectivity index (χ3v) is 5.39. The number of allylic oxidation sites excluding steroid dienone is 1. The van der Waals surface area contributed by atoms with Crippen LogP contribution in [0.5, 0.6) is 0 Å². The van der Waals surface area contributed by atoms with E-state index >= 15 is 0 Å². The van der Waals surface area contributed by atoms with E-state index in [1.807, 2.05) is 24.3 Å². The minimum absolute atomic E-state index is 0.0164. The SMILES string of the molecule is COC1(c2ncc(F)cc2-c2ccc3ccnn3c2)C=C(C#N)C(=O)C(C)(C)C1. The molecule has 0 aromatic carbocycles. The maximum Gasteiger partial charge on any atom is 0.178 e. The lowest BCUT2D eigenvalue weighted by atomic mass is 9.68. The average molecular weight is 390 g/mol. The Hall–Kier alpha value is -3.37. The van der Waals surface area contributed by atoms with E-state index in [4.69, 9.17) is 4.74 Å². The number of nitriles is 1. The van der Waals surface area contributed by atoms with E-state index in [0.717, 1.165) is 11.7 Å². The Balaban J connectivity index is 1.98. The summed E-state index contributed by atoms with van der Waals surface area (Å²) in [4.78, 5) is 17.0. The standard InChI is InChI=1S/C22H19FN4O2/c1-21(2)13-22(29-3,9-15(10-24)20(21)28)19-18(8-16(23)11-25-19)14-4-5-17-6-7-26-27(17)12-14/h4-9,11-12H,13H2,1-3H3. The number of carbonyl (C=O) groups excluding carboxylic acids is 1. The highest BCUT2D eigenvalue weighted by Gasteiger charge is 2.48. The van der Waals surface area contributed by atoms with Crippen molar-refractivity contribution in [3.05, 3.63) is 66.0 Å². The summed E-state index contributed by atoms with van der Waals surface area (Å²) in [5.74, 6) is -0.736. The van der Waals surface area contributed by atoms with Crippen LogP contribution in [-0.2, 0) is 15.1 Å². The van der Waals surface area contributed by atoms with E-state index in [-0.39, 0.29) is 17.8 Å². The van der Waals surface area contributed by atoms with Gasteiger partial charge in [0.1, 0.15) is 17.5 Å². The summed E-state index contributed by atoms with van der Waals surface area (Å²) in [5.41, 5.74) is 0.588. The second-order valence-electron chi connectivity index (χ2n) is 7.82. The van der Waals surface area contributed by atoms with Crippen LogP contribution in [0, 0.1) is 22.6 Å². The monoisotopic (exact) mass is 390 g/mol. The van der Waals surface area contributed by atoms with Crippen LogP contribution < -0.4 is 0 Å². The summed E-state index contributed by atoms with van der Waals surface area (Å²) >= 11 is 0. The molecule has 1 aliphatic rings. The normalized spacial score (nSPS) is 21.1. The van der Waals surface area contributed by atoms with Gasteiger partial charge in [-0.1, -0.05) is 19.9 Å². The lowest BCUT2D eigenvalue weighted by Crippen LogP contribution is -2.43. The van der Waals surface area contributed by atoms with Crippen molar-refractivity contribution in [3.63, 3.8) is 0 Å². The van der Waals surface area contributed by atoms with Gasteiger partial charge in [-0.2, -0.15) is 10.4 Å². The summed E-state index contributed by atoms with van der Waals surface area (Å²) in [5, 5.41) is 13.7. The maximum atomic E-state index is 14.2. The Labute approximate surface area is 167 Å². The molecule has 6 nitrogen and oxygen atoms in total. The number of ketones is 1. The Bertz CT molecular complexity index is 1200. The molecular weight excluding hydrogens is 371 g/mol. The largest absolute Gasteiger partial charge is 0.368 e. The van der Waals surface area contributed by atoms with Gasteiger partial charge in [0.25, 0.3) is 0 Å². The number of halogens is 1. The summed E-state index contributed by atoms with van der Waals surface area (Å²) in [7, 11) is 1.50. The Kier molecular flexibility index (Phi) is 4.32. The Morgan fingerprint density at radius 2 is 2.10 bits per heavy atom. The average Bonchev–Trinajstić information content (AvgIpc) is 3.17. The molecular formula is C22H19FN4O2. The van der Waals surface area contributed by atoms with Crippen LogP contribution in [-0.4, -0.2) is 27.5 Å². The van der Waals surface area contributed by atoms with Crippen LogP contribution in [0.15, 0.2) is 54.5 Å². The number of carbonyl (C=O) groups is 1. The van der Waals surface area contributed by atoms with E-state index in [2.05, 4.69) is 10.1 Å². The highest BCUT2D eigenvalue weighted by atomic mass is 19.1. The molecule has 0 aliphatic heterocycles. The van der Waals surface area contributed by atoms with Gasteiger partial charge in [-0.05, 0) is 30.7 Å². The van der Waals surface area contributed by atoms with Crippen molar-refractivity contribution in [1.82, 2.24) is 14.6 Å². The van der Waals surface area contributed by atoms with E-state index in [1.165, 1.54) is 19.3 Å². The molecule has 1 unspecified atom stereocenters.